The lowest BCUT2D eigenvalue weighted by molar-refractivity contribution is -0.135. The number of amides is 1. The number of nitrogens with zero attached hydrogens (tertiary/aromatic N) is 2. The fourth-order valence-electron chi connectivity index (χ4n) is 0.838. The second-order valence-electron chi connectivity index (χ2n) is 2.32. The van der Waals surface area contributed by atoms with Crippen LogP contribution in [0.1, 0.15) is 0 Å². The summed E-state index contributed by atoms with van der Waals surface area (Å²) in [7, 11) is 1.22. The van der Waals surface area contributed by atoms with Gasteiger partial charge in [0.25, 0.3) is 5.91 Å². The smallest absolute Gasteiger partial charge is 0.339 e. The molecule has 66 valence electrons. The van der Waals surface area contributed by atoms with E-state index in [-0.39, 0.29) is 5.57 Å². The Labute approximate surface area is 74.3 Å². The number of carbonyl (C=O) groups excluding carboxylic acids is 2. The van der Waals surface area contributed by atoms with E-state index in [1.54, 1.807) is 6.07 Å². The summed E-state index contributed by atoms with van der Waals surface area (Å²) < 4.78 is 4.40. The molecule has 0 saturated carbocycles. The van der Waals surface area contributed by atoms with Crippen molar-refractivity contribution in [1.29, 1.82) is 5.26 Å². The molecular formula is C8H6N2O3. The van der Waals surface area contributed by atoms with Crippen molar-refractivity contribution in [2.24, 2.45) is 10.9 Å². The predicted molar refractivity (Wildman–Crippen MR) is 42.7 cm³/mol. The summed E-state index contributed by atoms with van der Waals surface area (Å²) >= 11 is 0. The molecule has 0 saturated heterocycles. The molecule has 0 aromatic carbocycles. The van der Waals surface area contributed by atoms with Crippen molar-refractivity contribution >= 4 is 18.1 Å². The van der Waals surface area contributed by atoms with Gasteiger partial charge in [-0.1, -0.05) is 0 Å². The van der Waals surface area contributed by atoms with Crippen molar-refractivity contribution in [3.8, 4) is 6.07 Å². The van der Waals surface area contributed by atoms with E-state index in [1.807, 2.05) is 0 Å². The van der Waals surface area contributed by atoms with Crippen LogP contribution in [0.15, 0.2) is 16.6 Å². The molecule has 13 heavy (non-hydrogen) atoms. The van der Waals surface area contributed by atoms with Crippen LogP contribution in [0.25, 0.3) is 0 Å². The highest BCUT2D eigenvalue weighted by Gasteiger charge is 2.21. The Morgan fingerprint density at radius 2 is 2.46 bits per heavy atom. The van der Waals surface area contributed by atoms with Gasteiger partial charge in [-0.2, -0.15) is 5.26 Å². The Hall–Kier alpha value is -1.96. The van der Waals surface area contributed by atoms with Crippen LogP contribution in [-0.4, -0.2) is 25.2 Å². The average Bonchev–Trinajstić information content (AvgIpc) is 2.17. The lowest BCUT2D eigenvalue weighted by Crippen LogP contribution is -2.17. The van der Waals surface area contributed by atoms with Gasteiger partial charge >= 0.3 is 5.97 Å². The molecule has 5 heteroatoms. The summed E-state index contributed by atoms with van der Waals surface area (Å²) in [5, 5.41) is 8.49. The van der Waals surface area contributed by atoms with Gasteiger partial charge in [-0.15, -0.1) is 0 Å². The fraction of sp³-hybridized carbons (Fsp3) is 0.250. The van der Waals surface area contributed by atoms with Gasteiger partial charge in [0.15, 0.2) is 0 Å². The molecule has 1 atom stereocenters. The number of rotatable bonds is 1. The Morgan fingerprint density at radius 3 is 3.00 bits per heavy atom. The van der Waals surface area contributed by atoms with Crippen LogP contribution in [0.5, 0.6) is 0 Å². The van der Waals surface area contributed by atoms with Gasteiger partial charge in [0.2, 0.25) is 0 Å². The Morgan fingerprint density at radius 1 is 1.77 bits per heavy atom. The van der Waals surface area contributed by atoms with E-state index in [0.29, 0.717) is 0 Å². The number of hydrogen-bond donors (Lipinski definition) is 0. The highest BCUT2D eigenvalue weighted by Crippen LogP contribution is 2.10. The third kappa shape index (κ3) is 1.79. The number of esters is 1. The van der Waals surface area contributed by atoms with Crippen LogP contribution in [-0.2, 0) is 14.3 Å². The summed E-state index contributed by atoms with van der Waals surface area (Å²) in [5.74, 6) is -2.13. The maximum atomic E-state index is 10.9. The number of dihydropyridines is 1. The molecule has 1 aliphatic rings. The third-order valence-corrected chi connectivity index (χ3v) is 1.50. The Bertz CT molecular complexity index is 349. The first-order chi connectivity index (χ1) is 6.19. The van der Waals surface area contributed by atoms with Crippen molar-refractivity contribution in [2.45, 2.75) is 0 Å². The molecule has 5 nitrogen and oxygen atoms in total. The van der Waals surface area contributed by atoms with E-state index in [2.05, 4.69) is 9.73 Å². The molecule has 0 aromatic rings. The van der Waals surface area contributed by atoms with E-state index in [9.17, 15) is 9.59 Å². The third-order valence-electron chi connectivity index (χ3n) is 1.50. The van der Waals surface area contributed by atoms with Crippen molar-refractivity contribution < 1.29 is 14.3 Å². The molecule has 0 radical (unpaired) electrons. The zero-order valence-electron chi connectivity index (χ0n) is 6.85. The molecule has 0 spiro atoms. The second-order valence-corrected chi connectivity index (χ2v) is 2.32. The van der Waals surface area contributed by atoms with Crippen LogP contribution >= 0.6 is 0 Å². The molecule has 0 aromatic heterocycles. The molecule has 1 rings (SSSR count). The highest BCUT2D eigenvalue weighted by molar-refractivity contribution is 6.14. The number of aliphatic imine (C=N–C) groups is 1. The molecule has 0 bridgehead atoms. The van der Waals surface area contributed by atoms with Gasteiger partial charge in [0.05, 0.1) is 18.8 Å². The largest absolute Gasteiger partial charge is 0.465 e. The van der Waals surface area contributed by atoms with Crippen LogP contribution in [0.4, 0.5) is 0 Å². The maximum absolute atomic E-state index is 10.9. The first-order valence-electron chi connectivity index (χ1n) is 3.46. The number of methoxy groups -OCH3 is 1. The molecule has 0 fully saturated rings. The van der Waals surface area contributed by atoms with Crippen LogP contribution in [0.2, 0.25) is 0 Å². The van der Waals surface area contributed by atoms with Gasteiger partial charge in [-0.3, -0.25) is 4.79 Å². The van der Waals surface area contributed by atoms with Gasteiger partial charge in [0.1, 0.15) is 5.92 Å². The zero-order chi connectivity index (χ0) is 9.84. The molecule has 1 amide bonds. The van der Waals surface area contributed by atoms with Crippen molar-refractivity contribution in [3.05, 3.63) is 11.6 Å². The minimum atomic E-state index is -0.973. The first kappa shape index (κ1) is 9.13. The van der Waals surface area contributed by atoms with Crippen LogP contribution in [0, 0.1) is 17.2 Å². The van der Waals surface area contributed by atoms with Crippen molar-refractivity contribution in [3.63, 3.8) is 0 Å². The summed E-state index contributed by atoms with van der Waals surface area (Å²) in [6, 6.07) is 1.72. The van der Waals surface area contributed by atoms with E-state index in [0.717, 1.165) is 6.21 Å². The average molecular weight is 178 g/mol. The van der Waals surface area contributed by atoms with Crippen molar-refractivity contribution in [1.82, 2.24) is 0 Å². The van der Waals surface area contributed by atoms with Gasteiger partial charge < -0.3 is 4.74 Å². The quantitative estimate of drug-likeness (QED) is 0.522. The number of ether oxygens (including phenoxy) is 1. The summed E-state index contributed by atoms with van der Waals surface area (Å²) in [5.41, 5.74) is 0.133. The van der Waals surface area contributed by atoms with Gasteiger partial charge in [-0.05, 0) is 6.08 Å². The topological polar surface area (TPSA) is 79.5 Å². The molecule has 1 heterocycles. The van der Waals surface area contributed by atoms with Crippen LogP contribution in [0.3, 0.4) is 0 Å². The SMILES string of the molecule is COC(=O)C1=CC(C#N)C(=O)N=C1. The van der Waals surface area contributed by atoms with E-state index in [4.69, 9.17) is 5.26 Å². The standard InChI is InChI=1S/C8H6N2O3/c1-13-8(12)6-2-5(3-9)7(11)10-4-6/h2,4-5H,1H3. The number of nitriles is 1. The zero-order valence-corrected chi connectivity index (χ0v) is 6.85. The molecule has 0 N–H and O–H groups in total. The fourth-order valence-corrected chi connectivity index (χ4v) is 0.838. The Balaban J connectivity index is 2.92. The lowest BCUT2D eigenvalue weighted by Gasteiger charge is -2.06. The first-order valence-corrected chi connectivity index (χ1v) is 3.46. The number of hydrogen-bond acceptors (Lipinski definition) is 4. The summed E-state index contributed by atoms with van der Waals surface area (Å²) in [6.07, 6.45) is 2.34. The van der Waals surface area contributed by atoms with Crippen LogP contribution < -0.4 is 0 Å². The molecule has 1 aliphatic heterocycles. The van der Waals surface area contributed by atoms with Gasteiger partial charge in [-0.25, -0.2) is 9.79 Å². The predicted octanol–water partition coefficient (Wildman–Crippen LogP) is -0.163. The molecule has 1 unspecified atom stereocenters. The highest BCUT2D eigenvalue weighted by atomic mass is 16.5. The minimum Gasteiger partial charge on any atom is -0.465 e. The lowest BCUT2D eigenvalue weighted by atomic mass is 10.0. The maximum Gasteiger partial charge on any atom is 0.339 e. The molecule has 0 aliphatic carbocycles. The monoisotopic (exact) mass is 178 g/mol. The van der Waals surface area contributed by atoms with E-state index < -0.39 is 17.8 Å². The Kier molecular flexibility index (Phi) is 2.55. The summed E-state index contributed by atoms with van der Waals surface area (Å²) in [6.45, 7) is 0. The number of carbonyl (C=O) groups is 2. The van der Waals surface area contributed by atoms with E-state index in [1.165, 1.54) is 13.2 Å². The van der Waals surface area contributed by atoms with Gasteiger partial charge in [0, 0.05) is 6.21 Å². The van der Waals surface area contributed by atoms with E-state index >= 15 is 0 Å². The second kappa shape index (κ2) is 3.63. The minimum absolute atomic E-state index is 0.133. The normalized spacial score (nSPS) is 20.5. The molecular weight excluding hydrogens is 172 g/mol. The summed E-state index contributed by atoms with van der Waals surface area (Å²) in [4.78, 5) is 25.2. The van der Waals surface area contributed by atoms with Crippen molar-refractivity contribution in [2.75, 3.05) is 7.11 Å².